The second-order valence-electron chi connectivity index (χ2n) is 8.04. The quantitative estimate of drug-likeness (QED) is 0.493. The molecule has 0 saturated carbocycles. The van der Waals surface area contributed by atoms with Crippen LogP contribution in [0.3, 0.4) is 0 Å². The largest absolute Gasteiger partial charge is 0.387 e. The first-order valence-corrected chi connectivity index (χ1v) is 11.1. The lowest BCUT2D eigenvalue weighted by molar-refractivity contribution is -0.289. The van der Waals surface area contributed by atoms with Crippen LogP contribution in [0.25, 0.3) is 0 Å². The molecule has 0 amide bonds. The van der Waals surface area contributed by atoms with E-state index in [9.17, 15) is 5.11 Å². The number of hydrogen-bond donors (Lipinski definition) is 1. The number of hydrogen-bond acceptors (Lipinski definition) is 5. The van der Waals surface area contributed by atoms with Crippen LogP contribution in [0.1, 0.15) is 16.7 Å². The van der Waals surface area contributed by atoms with Crippen molar-refractivity contribution in [3.05, 3.63) is 108 Å². The minimum Gasteiger partial charge on any atom is -0.387 e. The van der Waals surface area contributed by atoms with Gasteiger partial charge in [-0.05, 0) is 16.7 Å². The smallest absolute Gasteiger partial charge is 0.228 e. The van der Waals surface area contributed by atoms with Crippen LogP contribution in [0.5, 0.6) is 0 Å². The van der Waals surface area contributed by atoms with Crippen LogP contribution >= 0.6 is 0 Å². The van der Waals surface area contributed by atoms with Gasteiger partial charge in [0.05, 0.1) is 26.4 Å². The summed E-state index contributed by atoms with van der Waals surface area (Å²) in [6, 6.07) is 28.7. The van der Waals surface area contributed by atoms with Crippen molar-refractivity contribution in [2.24, 2.45) is 0 Å². The number of aliphatic hydroxyl groups is 1. The number of ether oxygens (including phenoxy) is 4. The van der Waals surface area contributed by atoms with Gasteiger partial charge in [-0.2, -0.15) is 0 Å². The van der Waals surface area contributed by atoms with Gasteiger partial charge >= 0.3 is 0 Å². The standard InChI is InChI=1S/C27H29FO5/c28-27-26(32-18-22-14-8-3-9-15-22)25(31-17-21-12-6-2-7-13-21)24(29)23(33-27)19-30-16-20-10-4-1-5-11-20/h1-15,23-27,29H,16-19H2/t23-,24-,25+,26-,27-/m1/s1. The lowest BCUT2D eigenvalue weighted by Crippen LogP contribution is -2.59. The molecule has 0 aliphatic carbocycles. The molecule has 1 aliphatic rings. The van der Waals surface area contributed by atoms with Gasteiger partial charge in [0.1, 0.15) is 24.4 Å². The Balaban J connectivity index is 1.41. The SMILES string of the molecule is O[C@H]1[C@H](OCc2ccccc2)[C@@H](OCc2ccccc2)[C@H](F)O[C@@H]1COCc1ccccc1. The molecule has 174 valence electrons. The van der Waals surface area contributed by atoms with Crippen molar-refractivity contribution in [1.29, 1.82) is 0 Å². The van der Waals surface area contributed by atoms with Crippen molar-refractivity contribution < 1.29 is 28.4 Å². The predicted octanol–water partition coefficient (Wildman–Crippen LogP) is 4.43. The Kier molecular flexibility index (Phi) is 8.58. The highest BCUT2D eigenvalue weighted by atomic mass is 19.1. The Labute approximate surface area is 193 Å². The van der Waals surface area contributed by atoms with Crippen molar-refractivity contribution in [1.82, 2.24) is 0 Å². The molecule has 1 N–H and O–H groups in total. The van der Waals surface area contributed by atoms with E-state index in [-0.39, 0.29) is 19.8 Å². The Morgan fingerprint density at radius 1 is 0.667 bits per heavy atom. The maximum Gasteiger partial charge on any atom is 0.228 e. The van der Waals surface area contributed by atoms with E-state index in [2.05, 4.69) is 0 Å². The van der Waals surface area contributed by atoms with E-state index in [4.69, 9.17) is 18.9 Å². The fourth-order valence-electron chi connectivity index (χ4n) is 3.78. The molecular weight excluding hydrogens is 423 g/mol. The minimum absolute atomic E-state index is 0.0348. The lowest BCUT2D eigenvalue weighted by atomic mass is 9.99. The predicted molar refractivity (Wildman–Crippen MR) is 122 cm³/mol. The molecule has 4 rings (SSSR count). The molecule has 0 aromatic heterocycles. The molecule has 0 radical (unpaired) electrons. The summed E-state index contributed by atoms with van der Waals surface area (Å²) < 4.78 is 38.1. The van der Waals surface area contributed by atoms with Crippen molar-refractivity contribution in [2.45, 2.75) is 50.6 Å². The van der Waals surface area contributed by atoms with Crippen LogP contribution in [-0.4, -0.2) is 42.5 Å². The van der Waals surface area contributed by atoms with Crippen LogP contribution in [0.2, 0.25) is 0 Å². The number of aliphatic hydroxyl groups excluding tert-OH is 1. The van der Waals surface area contributed by atoms with Gasteiger partial charge in [-0.1, -0.05) is 91.0 Å². The van der Waals surface area contributed by atoms with Gasteiger partial charge in [0.2, 0.25) is 6.36 Å². The molecule has 1 saturated heterocycles. The second kappa shape index (κ2) is 12.0. The average Bonchev–Trinajstić information content (AvgIpc) is 2.86. The maximum atomic E-state index is 15.1. The van der Waals surface area contributed by atoms with E-state index < -0.39 is 30.8 Å². The third-order valence-corrected chi connectivity index (χ3v) is 5.57. The highest BCUT2D eigenvalue weighted by Crippen LogP contribution is 2.29. The Morgan fingerprint density at radius 3 is 1.64 bits per heavy atom. The highest BCUT2D eigenvalue weighted by molar-refractivity contribution is 5.15. The molecule has 3 aromatic rings. The topological polar surface area (TPSA) is 57.2 Å². The van der Waals surface area contributed by atoms with Gasteiger partial charge in [0.25, 0.3) is 0 Å². The Morgan fingerprint density at radius 2 is 1.12 bits per heavy atom. The van der Waals surface area contributed by atoms with Gasteiger partial charge in [-0.25, -0.2) is 4.39 Å². The molecule has 1 heterocycles. The van der Waals surface area contributed by atoms with Gasteiger partial charge in [0, 0.05) is 0 Å². The zero-order chi connectivity index (χ0) is 22.9. The zero-order valence-corrected chi connectivity index (χ0v) is 18.3. The molecule has 33 heavy (non-hydrogen) atoms. The number of alkyl halides is 1. The van der Waals surface area contributed by atoms with Crippen LogP contribution in [-0.2, 0) is 38.8 Å². The third-order valence-electron chi connectivity index (χ3n) is 5.57. The van der Waals surface area contributed by atoms with Gasteiger partial charge < -0.3 is 24.1 Å². The minimum atomic E-state index is -1.76. The number of halogens is 1. The summed E-state index contributed by atoms with van der Waals surface area (Å²) >= 11 is 0. The third kappa shape index (κ3) is 6.69. The van der Waals surface area contributed by atoms with E-state index in [1.807, 2.05) is 91.0 Å². The normalized spacial score (nSPS) is 25.1. The number of rotatable bonds is 10. The summed E-state index contributed by atoms with van der Waals surface area (Å²) in [5, 5.41) is 11.0. The lowest BCUT2D eigenvalue weighted by Gasteiger charge is -2.41. The summed E-state index contributed by atoms with van der Waals surface area (Å²) in [5.41, 5.74) is 2.81. The summed E-state index contributed by atoms with van der Waals surface area (Å²) in [6.07, 6.45) is -5.74. The second-order valence-corrected chi connectivity index (χ2v) is 8.04. The summed E-state index contributed by atoms with van der Waals surface area (Å²) in [5.74, 6) is 0. The van der Waals surface area contributed by atoms with Gasteiger partial charge in [-0.15, -0.1) is 0 Å². The summed E-state index contributed by atoms with van der Waals surface area (Å²) in [6.45, 7) is 0.779. The van der Waals surface area contributed by atoms with Crippen molar-refractivity contribution in [3.8, 4) is 0 Å². The van der Waals surface area contributed by atoms with Crippen molar-refractivity contribution >= 4 is 0 Å². The molecule has 5 nitrogen and oxygen atoms in total. The van der Waals surface area contributed by atoms with Crippen LogP contribution in [0.4, 0.5) is 4.39 Å². The van der Waals surface area contributed by atoms with E-state index in [1.165, 1.54) is 0 Å². The van der Waals surface area contributed by atoms with E-state index in [1.54, 1.807) is 0 Å². The van der Waals surface area contributed by atoms with Crippen LogP contribution in [0.15, 0.2) is 91.0 Å². The zero-order valence-electron chi connectivity index (χ0n) is 18.3. The summed E-state index contributed by atoms with van der Waals surface area (Å²) in [7, 11) is 0. The van der Waals surface area contributed by atoms with Crippen molar-refractivity contribution in [3.63, 3.8) is 0 Å². The fourth-order valence-corrected chi connectivity index (χ4v) is 3.78. The van der Waals surface area contributed by atoms with Crippen molar-refractivity contribution in [2.75, 3.05) is 6.61 Å². The summed E-state index contributed by atoms with van der Waals surface area (Å²) in [4.78, 5) is 0. The van der Waals surface area contributed by atoms with E-state index in [0.29, 0.717) is 6.61 Å². The first-order chi connectivity index (χ1) is 16.2. The average molecular weight is 453 g/mol. The highest BCUT2D eigenvalue weighted by Gasteiger charge is 2.47. The molecule has 0 unspecified atom stereocenters. The van der Waals surface area contributed by atoms with Crippen LogP contribution in [0, 0.1) is 0 Å². The molecular formula is C27H29FO5. The molecule has 6 heteroatoms. The maximum absolute atomic E-state index is 15.1. The van der Waals surface area contributed by atoms with E-state index in [0.717, 1.165) is 16.7 Å². The van der Waals surface area contributed by atoms with Crippen LogP contribution < -0.4 is 0 Å². The molecule has 1 aliphatic heterocycles. The molecule has 1 fully saturated rings. The fraction of sp³-hybridized carbons (Fsp3) is 0.333. The van der Waals surface area contributed by atoms with Gasteiger partial charge in [0.15, 0.2) is 0 Å². The molecule has 0 bridgehead atoms. The Hall–Kier alpha value is -2.61. The first kappa shape index (κ1) is 23.5. The molecule has 5 atom stereocenters. The molecule has 3 aromatic carbocycles. The van der Waals surface area contributed by atoms with E-state index >= 15 is 4.39 Å². The number of benzene rings is 3. The first-order valence-electron chi connectivity index (χ1n) is 11.1. The monoisotopic (exact) mass is 452 g/mol. The Bertz CT molecular complexity index is 941. The molecule has 0 spiro atoms. The van der Waals surface area contributed by atoms with Gasteiger partial charge in [-0.3, -0.25) is 0 Å².